The van der Waals surface area contributed by atoms with Gasteiger partial charge >= 0.3 is 0 Å². The Kier molecular flexibility index (Phi) is 8.17. The minimum absolute atomic E-state index is 0.102. The molecule has 7 atom stereocenters. The number of nitrogens with zero attached hydrogens (tertiary/aromatic N) is 1. The molecule has 0 aromatic rings. The monoisotopic (exact) mass is 459 g/mol. The summed E-state index contributed by atoms with van der Waals surface area (Å²) in [7, 11) is 0. The number of aliphatic hydroxyl groups is 1. The van der Waals surface area contributed by atoms with E-state index in [0.29, 0.717) is 18.8 Å². The van der Waals surface area contributed by atoms with Crippen molar-refractivity contribution in [3.05, 3.63) is 28.7 Å². The van der Waals surface area contributed by atoms with E-state index in [0.717, 1.165) is 19.3 Å². The van der Waals surface area contributed by atoms with Gasteiger partial charge in [0.1, 0.15) is 12.4 Å². The molecule has 1 saturated carbocycles. The molecule has 1 fully saturated rings. The van der Waals surface area contributed by atoms with Crippen LogP contribution in [-0.2, 0) is 19.1 Å². The molecular weight excluding hydrogens is 422 g/mol. The Hall–Kier alpha value is -1.99. The zero-order valence-electron chi connectivity index (χ0n) is 20.2. The number of allylic oxidation sites excluding steroid dienone is 3. The molecule has 0 spiro atoms. The molecule has 0 aliphatic heterocycles. The number of ketones is 3. The van der Waals surface area contributed by atoms with Crippen LogP contribution in [0.5, 0.6) is 0 Å². The average molecular weight is 460 g/mol. The quantitative estimate of drug-likeness (QED) is 0.413. The van der Waals surface area contributed by atoms with Crippen molar-refractivity contribution in [3.8, 4) is 0 Å². The van der Waals surface area contributed by atoms with Gasteiger partial charge in [0.2, 0.25) is 11.6 Å². The van der Waals surface area contributed by atoms with Gasteiger partial charge in [-0.15, -0.1) is 4.91 Å². The number of Topliss-reactive ketones (excluding diaryl/α,β-unsaturated/α-hetero) is 3. The first-order valence-corrected chi connectivity index (χ1v) is 12.1. The summed E-state index contributed by atoms with van der Waals surface area (Å²) in [5, 5.41) is 12.8. The van der Waals surface area contributed by atoms with E-state index in [1.165, 1.54) is 19.4 Å². The van der Waals surface area contributed by atoms with E-state index in [1.807, 2.05) is 0 Å². The second-order valence-corrected chi connectivity index (χ2v) is 10.8. The van der Waals surface area contributed by atoms with Crippen LogP contribution in [-0.4, -0.2) is 46.8 Å². The molecule has 1 N–H and O–H groups in total. The third-order valence-electron chi connectivity index (χ3n) is 7.55. The summed E-state index contributed by atoms with van der Waals surface area (Å²) in [6.07, 6.45) is 9.90. The van der Waals surface area contributed by atoms with Gasteiger partial charge in [-0.3, -0.25) is 14.4 Å². The fourth-order valence-electron chi connectivity index (χ4n) is 5.77. The average Bonchev–Trinajstić information content (AvgIpc) is 2.75. The Balaban J connectivity index is 1.71. The smallest absolute Gasteiger partial charge is 0.231 e. The van der Waals surface area contributed by atoms with Crippen LogP contribution >= 0.6 is 0 Å². The first kappa shape index (κ1) is 25.6. The van der Waals surface area contributed by atoms with Gasteiger partial charge in [0.25, 0.3) is 0 Å². The first-order valence-electron chi connectivity index (χ1n) is 12.1. The summed E-state index contributed by atoms with van der Waals surface area (Å²) in [6, 6.07) is 0. The fourth-order valence-corrected chi connectivity index (χ4v) is 5.77. The lowest BCUT2D eigenvalue weighted by Crippen LogP contribution is -2.43. The zero-order chi connectivity index (χ0) is 24.3. The molecular formula is C26H37NO6. The van der Waals surface area contributed by atoms with Crippen LogP contribution in [0.15, 0.2) is 29.0 Å². The molecule has 3 aliphatic rings. The molecule has 0 amide bonds. The third kappa shape index (κ3) is 6.12. The van der Waals surface area contributed by atoms with Crippen molar-refractivity contribution in [1.29, 1.82) is 0 Å². The van der Waals surface area contributed by atoms with Gasteiger partial charge in [-0.1, -0.05) is 37.3 Å². The van der Waals surface area contributed by atoms with Gasteiger partial charge in [-0.2, -0.15) is 0 Å². The van der Waals surface area contributed by atoms with Crippen LogP contribution in [0, 0.1) is 34.5 Å². The first-order chi connectivity index (χ1) is 15.5. The second kappa shape index (κ2) is 10.5. The zero-order valence-corrected chi connectivity index (χ0v) is 20.2. The predicted molar refractivity (Wildman–Crippen MR) is 124 cm³/mol. The standard InChI is InChI=1S/C26H37NO6/c1-15-9-18-7-5-16(2)21(8-6-17-11-19(28)13-20(29)12-17)24(18)23(10-15)33-14-22(30)25(31)26(3,4)27-32/h5,7,9,15-17,19,21,23-24,28H,6,8,10-14H2,1-4H3. The number of carbonyl (C=O) groups is 3. The van der Waals surface area contributed by atoms with Crippen LogP contribution in [0.4, 0.5) is 0 Å². The van der Waals surface area contributed by atoms with Crippen molar-refractivity contribution < 1.29 is 24.2 Å². The van der Waals surface area contributed by atoms with Crippen LogP contribution < -0.4 is 0 Å². The molecule has 0 aromatic carbocycles. The molecule has 7 nitrogen and oxygen atoms in total. The summed E-state index contributed by atoms with van der Waals surface area (Å²) in [5.74, 6) is -0.237. The number of nitroso groups, excluding NO2 is 1. The van der Waals surface area contributed by atoms with Gasteiger partial charge < -0.3 is 9.84 Å². The lowest BCUT2D eigenvalue weighted by molar-refractivity contribution is -0.144. The maximum absolute atomic E-state index is 12.4. The molecule has 3 aliphatic carbocycles. The number of fused-ring (bicyclic) bond motifs is 1. The Bertz CT molecular complexity index is 844. The highest BCUT2D eigenvalue weighted by Crippen LogP contribution is 2.45. The Morgan fingerprint density at radius 2 is 1.91 bits per heavy atom. The SMILES string of the molecule is CC1C=C2C=CC(C)C(CCC3CC(=O)CC(O)C3)C2C(OCC(=O)C(=O)C(C)(C)N=O)C1. The summed E-state index contributed by atoms with van der Waals surface area (Å²) in [6.45, 7) is 6.61. The Labute approximate surface area is 196 Å². The summed E-state index contributed by atoms with van der Waals surface area (Å²) < 4.78 is 6.07. The van der Waals surface area contributed by atoms with Crippen molar-refractivity contribution in [2.75, 3.05) is 6.61 Å². The fraction of sp³-hybridized carbons (Fsp3) is 0.731. The van der Waals surface area contributed by atoms with Crippen LogP contribution in [0.3, 0.4) is 0 Å². The van der Waals surface area contributed by atoms with Crippen LogP contribution in [0.2, 0.25) is 0 Å². The number of rotatable bonds is 9. The van der Waals surface area contributed by atoms with Gasteiger partial charge in [-0.25, -0.2) is 0 Å². The molecule has 7 heteroatoms. The number of hydrogen-bond acceptors (Lipinski definition) is 7. The van der Waals surface area contributed by atoms with Crippen molar-refractivity contribution in [1.82, 2.24) is 0 Å². The molecule has 0 heterocycles. The topological polar surface area (TPSA) is 110 Å². The van der Waals surface area contributed by atoms with Gasteiger partial charge in [0.05, 0.1) is 12.2 Å². The van der Waals surface area contributed by atoms with E-state index in [2.05, 4.69) is 37.3 Å². The summed E-state index contributed by atoms with van der Waals surface area (Å²) in [5.41, 5.74) is -0.381. The Morgan fingerprint density at radius 3 is 2.58 bits per heavy atom. The van der Waals surface area contributed by atoms with E-state index < -0.39 is 23.2 Å². The van der Waals surface area contributed by atoms with Crippen LogP contribution in [0.25, 0.3) is 0 Å². The number of carbonyl (C=O) groups excluding carboxylic acids is 3. The lowest BCUT2D eigenvalue weighted by atomic mass is 9.64. The van der Waals surface area contributed by atoms with Crippen molar-refractivity contribution >= 4 is 17.3 Å². The minimum atomic E-state index is -1.59. The van der Waals surface area contributed by atoms with E-state index >= 15 is 0 Å². The van der Waals surface area contributed by atoms with E-state index in [9.17, 15) is 24.4 Å². The molecule has 182 valence electrons. The largest absolute Gasteiger partial charge is 0.393 e. The number of ether oxygens (including phenoxy) is 1. The highest BCUT2D eigenvalue weighted by molar-refractivity contribution is 6.41. The van der Waals surface area contributed by atoms with Crippen molar-refractivity contribution in [2.24, 2.45) is 34.8 Å². The normalized spacial score (nSPS) is 34.4. The van der Waals surface area contributed by atoms with E-state index in [4.69, 9.17) is 4.74 Å². The maximum atomic E-state index is 12.4. The summed E-state index contributed by atoms with van der Waals surface area (Å²) in [4.78, 5) is 47.5. The highest BCUT2D eigenvalue weighted by atomic mass is 16.5. The molecule has 0 radical (unpaired) electrons. The highest BCUT2D eigenvalue weighted by Gasteiger charge is 2.41. The molecule has 3 rings (SSSR count). The van der Waals surface area contributed by atoms with E-state index in [-0.39, 0.29) is 48.6 Å². The number of aliphatic hydroxyl groups excluding tert-OH is 1. The van der Waals surface area contributed by atoms with Gasteiger partial charge in [0.15, 0.2) is 5.54 Å². The maximum Gasteiger partial charge on any atom is 0.231 e. The lowest BCUT2D eigenvalue weighted by Gasteiger charge is -2.43. The van der Waals surface area contributed by atoms with Gasteiger partial charge in [-0.05, 0) is 68.8 Å². The molecule has 0 bridgehead atoms. The van der Waals surface area contributed by atoms with Crippen molar-refractivity contribution in [2.45, 2.75) is 84.0 Å². The Morgan fingerprint density at radius 1 is 1.18 bits per heavy atom. The van der Waals surface area contributed by atoms with Crippen molar-refractivity contribution in [3.63, 3.8) is 0 Å². The summed E-state index contributed by atoms with van der Waals surface area (Å²) >= 11 is 0. The minimum Gasteiger partial charge on any atom is -0.393 e. The molecule has 0 saturated heterocycles. The third-order valence-corrected chi connectivity index (χ3v) is 7.55. The van der Waals surface area contributed by atoms with E-state index in [1.54, 1.807) is 0 Å². The second-order valence-electron chi connectivity index (χ2n) is 10.8. The van der Waals surface area contributed by atoms with Crippen LogP contribution in [0.1, 0.15) is 66.2 Å². The van der Waals surface area contributed by atoms with Gasteiger partial charge in [0, 0.05) is 18.8 Å². The molecule has 0 aromatic heterocycles. The number of hydrogen-bond donors (Lipinski definition) is 1. The molecule has 33 heavy (non-hydrogen) atoms. The predicted octanol–water partition coefficient (Wildman–Crippen LogP) is 3.97. The molecule has 7 unspecified atom stereocenters.